The number of nitrogens with zero attached hydrogens (tertiary/aromatic N) is 3. The third-order valence-corrected chi connectivity index (χ3v) is 5.48. The van der Waals surface area contributed by atoms with Gasteiger partial charge < -0.3 is 14.5 Å². The van der Waals surface area contributed by atoms with E-state index in [1.165, 1.54) is 0 Å². The molecule has 1 aromatic rings. The lowest BCUT2D eigenvalue weighted by Crippen LogP contribution is -2.54. The average Bonchev–Trinajstić information content (AvgIpc) is 2.68. The highest BCUT2D eigenvalue weighted by Gasteiger charge is 2.30. The van der Waals surface area contributed by atoms with Gasteiger partial charge in [0.2, 0.25) is 0 Å². The fraction of sp³-hybridized carbons (Fsp3) is 0.600. The largest absolute Gasteiger partial charge is 0.450 e. The SMILES string of the molecule is CCOC(=O)N1CCC(N2CCN(C(=O)c3ccccc3C)CC2)CC1. The number of hydrogen-bond donors (Lipinski definition) is 0. The van der Waals surface area contributed by atoms with Gasteiger partial charge in [0, 0.05) is 50.9 Å². The summed E-state index contributed by atoms with van der Waals surface area (Å²) >= 11 is 0. The summed E-state index contributed by atoms with van der Waals surface area (Å²) in [7, 11) is 0. The van der Waals surface area contributed by atoms with Crippen molar-refractivity contribution in [3.05, 3.63) is 35.4 Å². The molecule has 0 atom stereocenters. The summed E-state index contributed by atoms with van der Waals surface area (Å²) in [5.74, 6) is 0.139. The van der Waals surface area contributed by atoms with E-state index in [1.807, 2.05) is 43.0 Å². The van der Waals surface area contributed by atoms with Crippen LogP contribution in [0.1, 0.15) is 35.7 Å². The molecule has 0 aromatic heterocycles. The van der Waals surface area contributed by atoms with Gasteiger partial charge in [0.1, 0.15) is 0 Å². The van der Waals surface area contributed by atoms with Crippen molar-refractivity contribution in [2.24, 2.45) is 0 Å². The van der Waals surface area contributed by atoms with Gasteiger partial charge in [-0.3, -0.25) is 9.69 Å². The van der Waals surface area contributed by atoms with Crippen molar-refractivity contribution >= 4 is 12.0 Å². The Bertz CT molecular complexity index is 633. The maximum Gasteiger partial charge on any atom is 0.409 e. The van der Waals surface area contributed by atoms with Gasteiger partial charge in [-0.2, -0.15) is 0 Å². The van der Waals surface area contributed by atoms with E-state index in [2.05, 4.69) is 4.90 Å². The zero-order valence-electron chi connectivity index (χ0n) is 15.8. The third-order valence-electron chi connectivity index (χ3n) is 5.48. The van der Waals surface area contributed by atoms with Crippen molar-refractivity contribution < 1.29 is 14.3 Å². The molecule has 2 aliphatic rings. The van der Waals surface area contributed by atoms with E-state index in [9.17, 15) is 9.59 Å². The monoisotopic (exact) mass is 359 g/mol. The summed E-state index contributed by atoms with van der Waals surface area (Å²) in [6, 6.07) is 8.28. The van der Waals surface area contributed by atoms with Crippen molar-refractivity contribution in [2.45, 2.75) is 32.7 Å². The Morgan fingerprint density at radius 3 is 2.27 bits per heavy atom. The van der Waals surface area contributed by atoms with Crippen LogP contribution in [0.25, 0.3) is 0 Å². The van der Waals surface area contributed by atoms with Gasteiger partial charge >= 0.3 is 6.09 Å². The summed E-state index contributed by atoms with van der Waals surface area (Å²) in [6.45, 7) is 9.11. The zero-order valence-corrected chi connectivity index (χ0v) is 15.8. The molecular formula is C20H29N3O3. The second kappa shape index (κ2) is 8.54. The molecule has 0 bridgehead atoms. The first-order valence-electron chi connectivity index (χ1n) is 9.60. The Balaban J connectivity index is 1.48. The van der Waals surface area contributed by atoms with Gasteiger partial charge in [-0.15, -0.1) is 0 Å². The quantitative estimate of drug-likeness (QED) is 0.831. The van der Waals surface area contributed by atoms with Gasteiger partial charge in [-0.1, -0.05) is 18.2 Å². The third kappa shape index (κ3) is 4.18. The summed E-state index contributed by atoms with van der Waals surface area (Å²) in [5.41, 5.74) is 1.84. The van der Waals surface area contributed by atoms with Crippen molar-refractivity contribution in [3.63, 3.8) is 0 Å². The molecule has 26 heavy (non-hydrogen) atoms. The minimum absolute atomic E-state index is 0.139. The number of amides is 2. The molecular weight excluding hydrogens is 330 g/mol. The molecule has 2 saturated heterocycles. The Labute approximate surface area is 155 Å². The summed E-state index contributed by atoms with van der Waals surface area (Å²) < 4.78 is 5.08. The fourth-order valence-electron chi connectivity index (χ4n) is 3.90. The van der Waals surface area contributed by atoms with E-state index in [0.717, 1.165) is 63.2 Å². The molecule has 142 valence electrons. The Kier molecular flexibility index (Phi) is 6.14. The fourth-order valence-corrected chi connectivity index (χ4v) is 3.90. The topological polar surface area (TPSA) is 53.1 Å². The van der Waals surface area contributed by atoms with Crippen molar-refractivity contribution in [2.75, 3.05) is 45.9 Å². The molecule has 0 aliphatic carbocycles. The first-order chi connectivity index (χ1) is 12.6. The van der Waals surface area contributed by atoms with Crippen LogP contribution in [0.3, 0.4) is 0 Å². The number of ether oxygens (including phenoxy) is 1. The van der Waals surface area contributed by atoms with E-state index in [0.29, 0.717) is 12.6 Å². The number of likely N-dealkylation sites (tertiary alicyclic amines) is 1. The van der Waals surface area contributed by atoms with E-state index >= 15 is 0 Å². The predicted octanol–water partition coefficient (Wildman–Crippen LogP) is 2.37. The van der Waals surface area contributed by atoms with E-state index in [-0.39, 0.29) is 12.0 Å². The number of hydrogen-bond acceptors (Lipinski definition) is 4. The van der Waals surface area contributed by atoms with Crippen LogP contribution in [0.4, 0.5) is 4.79 Å². The molecule has 0 spiro atoms. The smallest absolute Gasteiger partial charge is 0.409 e. The molecule has 6 nitrogen and oxygen atoms in total. The van der Waals surface area contributed by atoms with E-state index in [1.54, 1.807) is 4.90 Å². The molecule has 1 aromatic carbocycles. The van der Waals surface area contributed by atoms with E-state index < -0.39 is 0 Å². The van der Waals surface area contributed by atoms with Crippen LogP contribution in [0.2, 0.25) is 0 Å². The standard InChI is InChI=1S/C20H29N3O3/c1-3-26-20(25)23-10-8-17(9-11-23)21-12-14-22(15-13-21)19(24)18-7-5-4-6-16(18)2/h4-7,17H,3,8-15H2,1-2H3. The maximum atomic E-state index is 12.7. The van der Waals surface area contributed by atoms with Crippen LogP contribution in [0, 0.1) is 6.92 Å². The number of carbonyl (C=O) groups excluding carboxylic acids is 2. The van der Waals surface area contributed by atoms with Crippen LogP contribution in [0.15, 0.2) is 24.3 Å². The second-order valence-electron chi connectivity index (χ2n) is 7.06. The van der Waals surface area contributed by atoms with Gasteiger partial charge in [0.05, 0.1) is 6.61 Å². The van der Waals surface area contributed by atoms with Crippen LogP contribution >= 0.6 is 0 Å². The lowest BCUT2D eigenvalue weighted by atomic mass is 10.0. The Hall–Kier alpha value is -2.08. The Morgan fingerprint density at radius 2 is 1.65 bits per heavy atom. The highest BCUT2D eigenvalue weighted by atomic mass is 16.6. The average molecular weight is 359 g/mol. The van der Waals surface area contributed by atoms with Crippen LogP contribution in [0.5, 0.6) is 0 Å². The highest BCUT2D eigenvalue weighted by Crippen LogP contribution is 2.20. The number of rotatable bonds is 3. The maximum absolute atomic E-state index is 12.7. The van der Waals surface area contributed by atoms with Crippen molar-refractivity contribution in [3.8, 4) is 0 Å². The first kappa shape index (κ1) is 18.7. The van der Waals surface area contributed by atoms with Gasteiger partial charge in [0.15, 0.2) is 0 Å². The van der Waals surface area contributed by atoms with Crippen molar-refractivity contribution in [1.29, 1.82) is 0 Å². The molecule has 2 amide bonds. The molecule has 0 N–H and O–H groups in total. The molecule has 6 heteroatoms. The summed E-state index contributed by atoms with van der Waals surface area (Å²) in [4.78, 5) is 30.8. The Morgan fingerprint density at radius 1 is 1.00 bits per heavy atom. The number of aryl methyl sites for hydroxylation is 1. The second-order valence-corrected chi connectivity index (χ2v) is 7.06. The normalized spacial score (nSPS) is 19.5. The zero-order chi connectivity index (χ0) is 18.5. The molecule has 3 rings (SSSR count). The van der Waals surface area contributed by atoms with Gasteiger partial charge in [0.25, 0.3) is 5.91 Å². The number of piperazine rings is 1. The van der Waals surface area contributed by atoms with Crippen LogP contribution in [-0.4, -0.2) is 78.6 Å². The summed E-state index contributed by atoms with van der Waals surface area (Å²) in [6.07, 6.45) is 1.76. The highest BCUT2D eigenvalue weighted by molar-refractivity contribution is 5.95. The molecule has 0 saturated carbocycles. The van der Waals surface area contributed by atoms with Crippen molar-refractivity contribution in [1.82, 2.24) is 14.7 Å². The minimum atomic E-state index is -0.195. The first-order valence-corrected chi connectivity index (χ1v) is 9.60. The molecule has 2 aliphatic heterocycles. The van der Waals surface area contributed by atoms with Crippen LogP contribution < -0.4 is 0 Å². The minimum Gasteiger partial charge on any atom is -0.450 e. The lowest BCUT2D eigenvalue weighted by molar-refractivity contribution is 0.0417. The molecule has 0 unspecified atom stereocenters. The summed E-state index contributed by atoms with van der Waals surface area (Å²) in [5, 5.41) is 0. The molecule has 2 heterocycles. The number of carbonyl (C=O) groups is 2. The predicted molar refractivity (Wildman–Crippen MR) is 100 cm³/mol. The van der Waals surface area contributed by atoms with Crippen LogP contribution in [-0.2, 0) is 4.74 Å². The number of piperidine rings is 1. The lowest BCUT2D eigenvalue weighted by Gasteiger charge is -2.42. The van der Waals surface area contributed by atoms with E-state index in [4.69, 9.17) is 4.74 Å². The van der Waals surface area contributed by atoms with Gasteiger partial charge in [-0.25, -0.2) is 4.79 Å². The molecule has 0 radical (unpaired) electrons. The van der Waals surface area contributed by atoms with Gasteiger partial charge in [-0.05, 0) is 38.3 Å². The molecule has 2 fully saturated rings. The number of benzene rings is 1.